The Morgan fingerprint density at radius 2 is 0.735 bits per heavy atom. The number of hydrogen-bond donors (Lipinski definition) is 2. The van der Waals surface area contributed by atoms with Crippen molar-refractivity contribution in [3.63, 3.8) is 0 Å². The lowest BCUT2D eigenvalue weighted by Gasteiger charge is -2.08. The van der Waals surface area contributed by atoms with Crippen molar-refractivity contribution in [3.05, 3.63) is 0 Å². The highest BCUT2D eigenvalue weighted by Crippen LogP contribution is 2.17. The molecular weight excluding hydrogens is 420 g/mol. The Kier molecular flexibility index (Phi) is 28.2. The highest BCUT2D eigenvalue weighted by Gasteiger charge is 2.01. The van der Waals surface area contributed by atoms with E-state index in [2.05, 4.69) is 6.92 Å². The molecule has 0 bridgehead atoms. The highest BCUT2D eigenvalue weighted by atomic mass is 16.4. The molecule has 0 saturated heterocycles. The predicted octanol–water partition coefficient (Wildman–Crippen LogP) is 10.2. The molecule has 0 aliphatic carbocycles. The first-order chi connectivity index (χ1) is 16.7. The normalized spacial score (nSPS) is 12.3. The van der Waals surface area contributed by atoms with E-state index >= 15 is 0 Å². The van der Waals surface area contributed by atoms with Crippen molar-refractivity contribution in [1.82, 2.24) is 0 Å². The highest BCUT2D eigenvalue weighted by molar-refractivity contribution is 5.66. The number of aliphatic hydroxyl groups excluding tert-OH is 1. The van der Waals surface area contributed by atoms with E-state index in [1.807, 2.05) is 0 Å². The standard InChI is InChI=1S/C31H62O3/c1-30(28-29-32)26-24-22-20-18-16-14-12-10-8-6-4-2-3-5-7-9-11-13-15-17-19-21-23-25-27-31(33)34/h30,32H,2-29H2,1H3,(H,33,34)/t30-/m0/s1. The van der Waals surface area contributed by atoms with Crippen molar-refractivity contribution in [2.75, 3.05) is 6.61 Å². The van der Waals surface area contributed by atoms with Gasteiger partial charge in [-0.15, -0.1) is 0 Å². The molecule has 0 unspecified atom stereocenters. The fourth-order valence-electron chi connectivity index (χ4n) is 5.02. The molecule has 0 aliphatic rings. The van der Waals surface area contributed by atoms with Crippen LogP contribution in [-0.4, -0.2) is 22.8 Å². The summed E-state index contributed by atoms with van der Waals surface area (Å²) < 4.78 is 0. The van der Waals surface area contributed by atoms with Gasteiger partial charge in [-0.05, 0) is 18.8 Å². The third-order valence-electron chi connectivity index (χ3n) is 7.46. The van der Waals surface area contributed by atoms with Crippen LogP contribution in [0.5, 0.6) is 0 Å². The average molecular weight is 483 g/mol. The summed E-state index contributed by atoms with van der Waals surface area (Å²) >= 11 is 0. The van der Waals surface area contributed by atoms with Gasteiger partial charge in [0.25, 0.3) is 0 Å². The molecule has 0 spiro atoms. The summed E-state index contributed by atoms with van der Waals surface area (Å²) in [6, 6.07) is 0. The van der Waals surface area contributed by atoms with E-state index in [4.69, 9.17) is 10.2 Å². The summed E-state index contributed by atoms with van der Waals surface area (Å²) in [5, 5.41) is 17.5. The van der Waals surface area contributed by atoms with Gasteiger partial charge < -0.3 is 10.2 Å². The molecule has 3 nitrogen and oxygen atoms in total. The SMILES string of the molecule is C[C@H](CCO)CCCCCCCCCCCCCCCCCCCCCCCCCCC(=O)O. The molecule has 0 fully saturated rings. The number of hydrogen-bond acceptors (Lipinski definition) is 2. The predicted molar refractivity (Wildman–Crippen MR) is 149 cm³/mol. The summed E-state index contributed by atoms with van der Waals surface area (Å²) in [5.41, 5.74) is 0. The van der Waals surface area contributed by atoms with Crippen LogP contribution in [0.1, 0.15) is 180 Å². The van der Waals surface area contributed by atoms with E-state index in [9.17, 15) is 4.79 Å². The van der Waals surface area contributed by atoms with Gasteiger partial charge in [0.15, 0.2) is 0 Å². The minimum Gasteiger partial charge on any atom is -0.481 e. The molecule has 0 aromatic carbocycles. The second-order valence-corrected chi connectivity index (χ2v) is 11.0. The molecule has 0 amide bonds. The Morgan fingerprint density at radius 3 is 1.00 bits per heavy atom. The fourth-order valence-corrected chi connectivity index (χ4v) is 5.02. The summed E-state index contributed by atoms with van der Waals surface area (Å²) in [7, 11) is 0. The lowest BCUT2D eigenvalue weighted by Crippen LogP contribution is -1.97. The summed E-state index contributed by atoms with van der Waals surface area (Å²) in [6.07, 6.45) is 35.3. The van der Waals surface area contributed by atoms with E-state index in [1.54, 1.807) is 0 Å². The molecular formula is C31H62O3. The minimum atomic E-state index is -0.653. The fraction of sp³-hybridized carbons (Fsp3) is 0.968. The molecule has 204 valence electrons. The molecule has 34 heavy (non-hydrogen) atoms. The summed E-state index contributed by atoms with van der Waals surface area (Å²) in [4.78, 5) is 10.4. The van der Waals surface area contributed by atoms with E-state index in [0.717, 1.165) is 19.3 Å². The van der Waals surface area contributed by atoms with Gasteiger partial charge in [0, 0.05) is 13.0 Å². The van der Waals surface area contributed by atoms with Gasteiger partial charge in [-0.2, -0.15) is 0 Å². The van der Waals surface area contributed by atoms with Crippen LogP contribution in [0.3, 0.4) is 0 Å². The molecule has 2 N–H and O–H groups in total. The van der Waals surface area contributed by atoms with E-state index in [1.165, 1.54) is 148 Å². The van der Waals surface area contributed by atoms with Crippen molar-refractivity contribution >= 4 is 5.97 Å². The molecule has 0 aliphatic heterocycles. The maximum absolute atomic E-state index is 10.4. The van der Waals surface area contributed by atoms with E-state index in [0.29, 0.717) is 18.9 Å². The van der Waals surface area contributed by atoms with Crippen molar-refractivity contribution in [2.24, 2.45) is 5.92 Å². The molecule has 3 heteroatoms. The average Bonchev–Trinajstić information content (AvgIpc) is 2.81. The number of rotatable bonds is 29. The number of carbonyl (C=O) groups is 1. The molecule has 0 rings (SSSR count). The van der Waals surface area contributed by atoms with Crippen LogP contribution in [-0.2, 0) is 4.79 Å². The second kappa shape index (κ2) is 28.7. The molecule has 0 aromatic heterocycles. The van der Waals surface area contributed by atoms with Crippen LogP contribution in [0.15, 0.2) is 0 Å². The number of aliphatic hydroxyl groups is 1. The molecule has 0 aromatic rings. The van der Waals surface area contributed by atoms with Crippen LogP contribution >= 0.6 is 0 Å². The number of carboxylic acid groups (broad SMARTS) is 1. The first-order valence-electron chi connectivity index (χ1n) is 15.5. The summed E-state index contributed by atoms with van der Waals surface area (Å²) in [6.45, 7) is 2.62. The Balaban J connectivity index is 3.05. The smallest absolute Gasteiger partial charge is 0.303 e. The van der Waals surface area contributed by atoms with Crippen molar-refractivity contribution < 1.29 is 15.0 Å². The number of unbranched alkanes of at least 4 members (excludes halogenated alkanes) is 23. The largest absolute Gasteiger partial charge is 0.481 e. The number of aliphatic carboxylic acids is 1. The zero-order valence-electron chi connectivity index (χ0n) is 23.2. The third kappa shape index (κ3) is 29.5. The Hall–Kier alpha value is -0.570. The maximum atomic E-state index is 10.4. The lowest BCUT2D eigenvalue weighted by molar-refractivity contribution is -0.137. The van der Waals surface area contributed by atoms with Crippen molar-refractivity contribution in [2.45, 2.75) is 180 Å². The quantitative estimate of drug-likeness (QED) is 0.104. The first kappa shape index (κ1) is 33.4. The molecule has 0 saturated carbocycles. The van der Waals surface area contributed by atoms with Crippen LogP contribution in [0.25, 0.3) is 0 Å². The van der Waals surface area contributed by atoms with Crippen molar-refractivity contribution in [3.8, 4) is 0 Å². The summed E-state index contributed by atoms with van der Waals surface area (Å²) in [5.74, 6) is 0.0480. The van der Waals surface area contributed by atoms with Gasteiger partial charge >= 0.3 is 5.97 Å². The Labute approximate surface area is 213 Å². The Bertz CT molecular complexity index is 396. The Morgan fingerprint density at radius 1 is 0.471 bits per heavy atom. The van der Waals surface area contributed by atoms with Gasteiger partial charge in [-0.1, -0.05) is 161 Å². The van der Waals surface area contributed by atoms with Crippen LogP contribution in [0.2, 0.25) is 0 Å². The number of carboxylic acids is 1. The zero-order valence-corrected chi connectivity index (χ0v) is 23.2. The van der Waals surface area contributed by atoms with Gasteiger partial charge in [-0.3, -0.25) is 4.79 Å². The van der Waals surface area contributed by atoms with E-state index in [-0.39, 0.29) is 0 Å². The van der Waals surface area contributed by atoms with Crippen molar-refractivity contribution in [1.29, 1.82) is 0 Å². The lowest BCUT2D eigenvalue weighted by atomic mass is 9.99. The zero-order chi connectivity index (χ0) is 25.0. The monoisotopic (exact) mass is 482 g/mol. The second-order valence-electron chi connectivity index (χ2n) is 11.0. The topological polar surface area (TPSA) is 57.5 Å². The minimum absolute atomic E-state index is 0.342. The van der Waals surface area contributed by atoms with Crippen LogP contribution in [0, 0.1) is 5.92 Å². The van der Waals surface area contributed by atoms with Crippen LogP contribution in [0.4, 0.5) is 0 Å². The van der Waals surface area contributed by atoms with E-state index < -0.39 is 5.97 Å². The van der Waals surface area contributed by atoms with Gasteiger partial charge in [0.1, 0.15) is 0 Å². The van der Waals surface area contributed by atoms with Gasteiger partial charge in [0.2, 0.25) is 0 Å². The molecule has 1 atom stereocenters. The van der Waals surface area contributed by atoms with Gasteiger partial charge in [0.05, 0.1) is 0 Å². The maximum Gasteiger partial charge on any atom is 0.303 e. The molecule has 0 radical (unpaired) electrons. The molecule has 0 heterocycles. The third-order valence-corrected chi connectivity index (χ3v) is 7.46. The van der Waals surface area contributed by atoms with Crippen LogP contribution < -0.4 is 0 Å². The first-order valence-corrected chi connectivity index (χ1v) is 15.5. The van der Waals surface area contributed by atoms with Gasteiger partial charge in [-0.25, -0.2) is 0 Å².